The molecule has 17 heavy (non-hydrogen) atoms. The fraction of sp³-hybridized carbons (Fsp3) is 0.333. The van der Waals surface area contributed by atoms with Crippen LogP contribution in [0.5, 0.6) is 5.75 Å². The van der Waals surface area contributed by atoms with Crippen LogP contribution in [0.25, 0.3) is 10.8 Å². The molecule has 0 atom stereocenters. The summed E-state index contributed by atoms with van der Waals surface area (Å²) in [6.45, 7) is 0. The van der Waals surface area contributed by atoms with Crippen LogP contribution in [0, 0.1) is 0 Å². The van der Waals surface area contributed by atoms with Gasteiger partial charge in [-0.25, -0.2) is 0 Å². The molecule has 1 nitrogen and oxygen atoms in total. The Balaban J connectivity index is 2.15. The zero-order valence-corrected chi connectivity index (χ0v) is 10.9. The molecule has 0 amide bonds. The molecule has 1 aliphatic heterocycles. The highest BCUT2D eigenvalue weighted by molar-refractivity contribution is 7.97. The number of benzene rings is 2. The molecular formula is C15H17OS+. The Labute approximate surface area is 105 Å². The molecule has 0 aromatic heterocycles. The lowest BCUT2D eigenvalue weighted by Crippen LogP contribution is -2.04. The van der Waals surface area contributed by atoms with Crippen LogP contribution < -0.4 is 4.74 Å². The van der Waals surface area contributed by atoms with Crippen molar-refractivity contribution in [1.82, 2.24) is 0 Å². The lowest BCUT2D eigenvalue weighted by atomic mass is 10.1. The molecule has 1 saturated heterocycles. The largest absolute Gasteiger partial charge is 0.497 e. The molecule has 0 radical (unpaired) electrons. The van der Waals surface area contributed by atoms with Crippen LogP contribution in [-0.4, -0.2) is 18.6 Å². The maximum atomic E-state index is 5.34. The van der Waals surface area contributed by atoms with E-state index in [0.717, 1.165) is 5.75 Å². The Morgan fingerprint density at radius 1 is 1.06 bits per heavy atom. The van der Waals surface area contributed by atoms with Gasteiger partial charge in [0.25, 0.3) is 0 Å². The minimum Gasteiger partial charge on any atom is -0.497 e. The van der Waals surface area contributed by atoms with Crippen molar-refractivity contribution >= 4 is 21.7 Å². The van der Waals surface area contributed by atoms with E-state index in [1.54, 1.807) is 12.0 Å². The summed E-state index contributed by atoms with van der Waals surface area (Å²) in [5, 5.41) is 2.72. The fourth-order valence-electron chi connectivity index (χ4n) is 2.48. The number of rotatable bonds is 2. The molecule has 0 spiro atoms. The summed E-state index contributed by atoms with van der Waals surface area (Å²) >= 11 is 0. The van der Waals surface area contributed by atoms with Crippen molar-refractivity contribution in [1.29, 1.82) is 0 Å². The van der Waals surface area contributed by atoms with Gasteiger partial charge in [-0.15, -0.1) is 0 Å². The fourth-order valence-corrected chi connectivity index (χ4v) is 4.98. The number of methoxy groups -OCH3 is 1. The lowest BCUT2D eigenvalue weighted by Gasteiger charge is -2.07. The van der Waals surface area contributed by atoms with E-state index in [1.807, 2.05) is 6.07 Å². The van der Waals surface area contributed by atoms with E-state index in [0.29, 0.717) is 10.9 Å². The Morgan fingerprint density at radius 2 is 1.88 bits per heavy atom. The van der Waals surface area contributed by atoms with Crippen LogP contribution in [0.1, 0.15) is 12.8 Å². The third kappa shape index (κ3) is 2.02. The summed E-state index contributed by atoms with van der Waals surface area (Å²) in [6.07, 6.45) is 2.78. The first-order valence-corrected chi connectivity index (χ1v) is 7.69. The van der Waals surface area contributed by atoms with E-state index in [4.69, 9.17) is 4.74 Å². The summed E-state index contributed by atoms with van der Waals surface area (Å²) < 4.78 is 5.34. The second-order valence-corrected chi connectivity index (χ2v) is 6.69. The number of fused-ring (bicyclic) bond motifs is 1. The van der Waals surface area contributed by atoms with E-state index in [1.165, 1.54) is 35.1 Å². The first-order valence-electron chi connectivity index (χ1n) is 6.13. The Morgan fingerprint density at radius 3 is 2.65 bits per heavy atom. The molecule has 0 aliphatic carbocycles. The summed E-state index contributed by atoms with van der Waals surface area (Å²) in [6, 6.07) is 13.1. The quantitative estimate of drug-likeness (QED) is 0.734. The van der Waals surface area contributed by atoms with E-state index in [2.05, 4.69) is 30.3 Å². The zero-order chi connectivity index (χ0) is 11.7. The third-order valence-electron chi connectivity index (χ3n) is 3.39. The van der Waals surface area contributed by atoms with Gasteiger partial charge in [-0.2, -0.15) is 0 Å². The minimum absolute atomic E-state index is 0.469. The maximum absolute atomic E-state index is 5.34. The van der Waals surface area contributed by atoms with E-state index >= 15 is 0 Å². The summed E-state index contributed by atoms with van der Waals surface area (Å²) in [7, 11) is 2.21. The normalized spacial score (nSPS) is 16.5. The molecule has 1 aliphatic rings. The average Bonchev–Trinajstić information content (AvgIpc) is 2.91. The van der Waals surface area contributed by atoms with Gasteiger partial charge in [-0.3, -0.25) is 0 Å². The second-order valence-electron chi connectivity index (χ2n) is 4.45. The maximum Gasteiger partial charge on any atom is 0.162 e. The van der Waals surface area contributed by atoms with Crippen molar-refractivity contribution < 1.29 is 4.74 Å². The summed E-state index contributed by atoms with van der Waals surface area (Å²) in [4.78, 5) is 1.54. The van der Waals surface area contributed by atoms with Gasteiger partial charge in [0.05, 0.1) is 7.11 Å². The van der Waals surface area contributed by atoms with Crippen molar-refractivity contribution in [3.63, 3.8) is 0 Å². The number of ether oxygens (including phenoxy) is 1. The number of hydrogen-bond donors (Lipinski definition) is 0. The molecule has 2 aromatic carbocycles. The summed E-state index contributed by atoms with van der Waals surface area (Å²) in [5.74, 6) is 3.71. The minimum atomic E-state index is 0.469. The van der Waals surface area contributed by atoms with Gasteiger partial charge < -0.3 is 4.74 Å². The van der Waals surface area contributed by atoms with Gasteiger partial charge in [-0.1, -0.05) is 18.2 Å². The van der Waals surface area contributed by atoms with E-state index < -0.39 is 0 Å². The SMILES string of the molecule is COc1ccc2cccc([S+]3CCCC3)c2c1. The standard InChI is InChI=1S/C15H17OS/c1-16-13-8-7-12-5-4-6-15(14(12)11-13)17-9-2-3-10-17/h4-8,11H,2-3,9-10H2,1H3/q+1. The molecule has 0 saturated carbocycles. The molecular weight excluding hydrogens is 228 g/mol. The molecule has 1 heterocycles. The average molecular weight is 245 g/mol. The first-order chi connectivity index (χ1) is 8.38. The van der Waals surface area contributed by atoms with Gasteiger partial charge in [0.2, 0.25) is 0 Å². The van der Waals surface area contributed by atoms with Crippen LogP contribution in [0.3, 0.4) is 0 Å². The highest BCUT2D eigenvalue weighted by Crippen LogP contribution is 2.31. The van der Waals surface area contributed by atoms with E-state index in [-0.39, 0.29) is 0 Å². The highest BCUT2D eigenvalue weighted by Gasteiger charge is 2.28. The molecule has 2 aromatic rings. The molecule has 0 N–H and O–H groups in total. The van der Waals surface area contributed by atoms with Gasteiger partial charge in [0, 0.05) is 16.3 Å². The van der Waals surface area contributed by atoms with Gasteiger partial charge in [-0.05, 0) is 36.4 Å². The highest BCUT2D eigenvalue weighted by atomic mass is 32.2. The monoisotopic (exact) mass is 245 g/mol. The zero-order valence-electron chi connectivity index (χ0n) is 10.1. The first kappa shape index (κ1) is 11.0. The Bertz CT molecular complexity index is 529. The Kier molecular flexibility index (Phi) is 2.98. The third-order valence-corrected chi connectivity index (χ3v) is 5.93. The molecule has 2 heteroatoms. The van der Waals surface area contributed by atoms with E-state index in [9.17, 15) is 0 Å². The Hall–Kier alpha value is -1.15. The predicted octanol–water partition coefficient (Wildman–Crippen LogP) is 3.62. The summed E-state index contributed by atoms with van der Waals surface area (Å²) in [5.41, 5.74) is 0. The molecule has 1 fully saturated rings. The molecule has 88 valence electrons. The van der Waals surface area contributed by atoms with Gasteiger partial charge in [0.15, 0.2) is 4.90 Å². The predicted molar refractivity (Wildman–Crippen MR) is 75.1 cm³/mol. The second kappa shape index (κ2) is 4.61. The molecule has 0 bridgehead atoms. The van der Waals surface area contributed by atoms with Crippen LogP contribution in [-0.2, 0) is 10.9 Å². The molecule has 3 rings (SSSR count). The van der Waals surface area contributed by atoms with Crippen LogP contribution in [0.4, 0.5) is 0 Å². The van der Waals surface area contributed by atoms with Crippen LogP contribution >= 0.6 is 0 Å². The molecule has 0 unspecified atom stereocenters. The topological polar surface area (TPSA) is 9.23 Å². The number of hydrogen-bond acceptors (Lipinski definition) is 1. The van der Waals surface area contributed by atoms with Crippen molar-refractivity contribution in [3.8, 4) is 5.75 Å². The van der Waals surface area contributed by atoms with Crippen molar-refractivity contribution in [2.75, 3.05) is 18.6 Å². The lowest BCUT2D eigenvalue weighted by molar-refractivity contribution is 0.415. The van der Waals surface area contributed by atoms with Gasteiger partial charge in [0.1, 0.15) is 17.3 Å². The van der Waals surface area contributed by atoms with Crippen molar-refractivity contribution in [2.45, 2.75) is 17.7 Å². The van der Waals surface area contributed by atoms with Crippen molar-refractivity contribution in [2.24, 2.45) is 0 Å². The smallest absolute Gasteiger partial charge is 0.162 e. The van der Waals surface area contributed by atoms with Gasteiger partial charge >= 0.3 is 0 Å². The van der Waals surface area contributed by atoms with Crippen LogP contribution in [0.15, 0.2) is 41.3 Å². The van der Waals surface area contributed by atoms with Crippen LogP contribution in [0.2, 0.25) is 0 Å². The van der Waals surface area contributed by atoms with Crippen molar-refractivity contribution in [3.05, 3.63) is 36.4 Å².